The molecule has 0 bridgehead atoms. The highest BCUT2D eigenvalue weighted by atomic mass is 16.6. The lowest BCUT2D eigenvalue weighted by molar-refractivity contribution is 0.0981. The first-order chi connectivity index (χ1) is 13.2. The van der Waals surface area contributed by atoms with Crippen LogP contribution in [0.5, 0.6) is 0 Å². The summed E-state index contributed by atoms with van der Waals surface area (Å²) in [6.45, 7) is 3.54. The summed E-state index contributed by atoms with van der Waals surface area (Å²) in [5, 5.41) is 6.21. The van der Waals surface area contributed by atoms with E-state index in [1.54, 1.807) is 23.2 Å². The van der Waals surface area contributed by atoms with E-state index in [9.17, 15) is 9.59 Å². The standard InChI is InChI=1S/C20H24N4O3/c1-2-27-20(26)24-12-10-16(11-13-24)22-18-9-8-17(14-21-18)23-19(25)15-6-4-3-5-7-15/h3-9,14,16H,2,10-13H2,1H3,(H,21,22)(H,23,25). The second kappa shape index (κ2) is 9.02. The number of aromatic nitrogens is 1. The average molecular weight is 368 g/mol. The van der Waals surface area contributed by atoms with Crippen LogP contribution in [-0.2, 0) is 4.74 Å². The van der Waals surface area contributed by atoms with Gasteiger partial charge in [-0.1, -0.05) is 18.2 Å². The summed E-state index contributed by atoms with van der Waals surface area (Å²) in [6, 6.07) is 13.0. The molecule has 2 N–H and O–H groups in total. The Balaban J connectivity index is 1.48. The van der Waals surface area contributed by atoms with Crippen LogP contribution in [0.4, 0.5) is 16.3 Å². The van der Waals surface area contributed by atoms with Gasteiger partial charge < -0.3 is 20.3 Å². The summed E-state index contributed by atoms with van der Waals surface area (Å²) in [5.74, 6) is 0.590. The summed E-state index contributed by atoms with van der Waals surface area (Å²) in [5.41, 5.74) is 1.25. The number of ether oxygens (including phenoxy) is 1. The van der Waals surface area contributed by atoms with Gasteiger partial charge in [-0.3, -0.25) is 4.79 Å². The minimum absolute atomic E-state index is 0.163. The molecule has 1 aliphatic rings. The Morgan fingerprint density at radius 2 is 1.89 bits per heavy atom. The molecule has 27 heavy (non-hydrogen) atoms. The number of pyridine rings is 1. The zero-order valence-electron chi connectivity index (χ0n) is 15.4. The number of hydrogen-bond acceptors (Lipinski definition) is 5. The van der Waals surface area contributed by atoms with Crippen LogP contribution in [0.25, 0.3) is 0 Å². The van der Waals surface area contributed by atoms with Gasteiger partial charge in [-0.05, 0) is 44.0 Å². The minimum Gasteiger partial charge on any atom is -0.450 e. The van der Waals surface area contributed by atoms with E-state index in [0.717, 1.165) is 18.7 Å². The number of anilines is 2. The predicted molar refractivity (Wildman–Crippen MR) is 104 cm³/mol. The number of nitrogens with one attached hydrogen (secondary N) is 2. The first-order valence-electron chi connectivity index (χ1n) is 9.16. The number of hydrogen-bond donors (Lipinski definition) is 2. The molecule has 7 heteroatoms. The van der Waals surface area contributed by atoms with Crippen LogP contribution in [0, 0.1) is 0 Å². The fourth-order valence-corrected chi connectivity index (χ4v) is 2.98. The molecule has 2 amide bonds. The molecule has 1 aliphatic heterocycles. The smallest absolute Gasteiger partial charge is 0.409 e. The van der Waals surface area contributed by atoms with Gasteiger partial charge in [-0.15, -0.1) is 0 Å². The van der Waals surface area contributed by atoms with Gasteiger partial charge in [0, 0.05) is 24.7 Å². The van der Waals surface area contributed by atoms with Crippen LogP contribution in [-0.4, -0.2) is 47.6 Å². The molecule has 7 nitrogen and oxygen atoms in total. The minimum atomic E-state index is -0.243. The third-order valence-electron chi connectivity index (χ3n) is 4.43. The third kappa shape index (κ3) is 5.20. The number of likely N-dealkylation sites (tertiary alicyclic amines) is 1. The summed E-state index contributed by atoms with van der Waals surface area (Å²) in [7, 11) is 0. The Morgan fingerprint density at radius 3 is 2.52 bits per heavy atom. The van der Waals surface area contributed by atoms with Crippen molar-refractivity contribution in [1.82, 2.24) is 9.88 Å². The van der Waals surface area contributed by atoms with E-state index >= 15 is 0 Å². The Hall–Kier alpha value is -3.09. The Morgan fingerprint density at radius 1 is 1.15 bits per heavy atom. The molecule has 1 aromatic carbocycles. The summed E-state index contributed by atoms with van der Waals surface area (Å²) >= 11 is 0. The molecule has 0 aliphatic carbocycles. The molecular weight excluding hydrogens is 344 g/mol. The second-order valence-electron chi connectivity index (χ2n) is 6.36. The maximum Gasteiger partial charge on any atom is 0.409 e. The molecule has 0 unspecified atom stereocenters. The molecule has 0 radical (unpaired) electrons. The van der Waals surface area contributed by atoms with Gasteiger partial charge in [-0.25, -0.2) is 9.78 Å². The van der Waals surface area contributed by atoms with Gasteiger partial charge in [0.25, 0.3) is 5.91 Å². The fourth-order valence-electron chi connectivity index (χ4n) is 2.98. The number of benzene rings is 1. The van der Waals surface area contributed by atoms with E-state index in [4.69, 9.17) is 4.74 Å². The zero-order valence-corrected chi connectivity index (χ0v) is 15.4. The van der Waals surface area contributed by atoms with Gasteiger partial charge in [0.15, 0.2) is 0 Å². The van der Waals surface area contributed by atoms with Crippen LogP contribution in [0.15, 0.2) is 48.7 Å². The van der Waals surface area contributed by atoms with Crippen molar-refractivity contribution in [3.63, 3.8) is 0 Å². The first-order valence-corrected chi connectivity index (χ1v) is 9.16. The highest BCUT2D eigenvalue weighted by Crippen LogP contribution is 2.17. The van der Waals surface area contributed by atoms with Gasteiger partial charge in [-0.2, -0.15) is 0 Å². The molecule has 0 atom stereocenters. The maximum atomic E-state index is 12.2. The molecule has 0 saturated carbocycles. The van der Waals surface area contributed by atoms with Crippen molar-refractivity contribution < 1.29 is 14.3 Å². The molecular formula is C20H24N4O3. The normalized spacial score (nSPS) is 14.5. The Labute approximate surface area is 158 Å². The van der Waals surface area contributed by atoms with Crippen LogP contribution in [0.1, 0.15) is 30.1 Å². The number of carbonyl (C=O) groups is 2. The zero-order chi connectivity index (χ0) is 19.1. The average Bonchev–Trinajstić information content (AvgIpc) is 2.71. The van der Waals surface area contributed by atoms with E-state index in [0.29, 0.717) is 30.9 Å². The van der Waals surface area contributed by atoms with Gasteiger partial charge in [0.05, 0.1) is 18.5 Å². The fraction of sp³-hybridized carbons (Fsp3) is 0.350. The number of piperidine rings is 1. The van der Waals surface area contributed by atoms with E-state index < -0.39 is 0 Å². The topological polar surface area (TPSA) is 83.6 Å². The molecule has 1 saturated heterocycles. The molecule has 2 aromatic rings. The number of rotatable bonds is 5. The highest BCUT2D eigenvalue weighted by molar-refractivity contribution is 6.04. The van der Waals surface area contributed by atoms with Crippen LogP contribution in [0.2, 0.25) is 0 Å². The van der Waals surface area contributed by atoms with Crippen LogP contribution < -0.4 is 10.6 Å². The van der Waals surface area contributed by atoms with Crippen molar-refractivity contribution in [2.75, 3.05) is 30.3 Å². The molecule has 3 rings (SSSR count). The monoisotopic (exact) mass is 368 g/mol. The van der Waals surface area contributed by atoms with Crippen molar-refractivity contribution in [3.05, 3.63) is 54.2 Å². The van der Waals surface area contributed by atoms with Crippen molar-refractivity contribution in [3.8, 4) is 0 Å². The number of amides is 2. The van der Waals surface area contributed by atoms with E-state index in [1.807, 2.05) is 37.3 Å². The SMILES string of the molecule is CCOC(=O)N1CCC(Nc2ccc(NC(=O)c3ccccc3)cn2)CC1. The lowest BCUT2D eigenvalue weighted by Crippen LogP contribution is -2.42. The highest BCUT2D eigenvalue weighted by Gasteiger charge is 2.23. The number of carbonyl (C=O) groups excluding carboxylic acids is 2. The molecule has 0 spiro atoms. The Kier molecular flexibility index (Phi) is 6.25. The van der Waals surface area contributed by atoms with E-state index in [-0.39, 0.29) is 18.0 Å². The van der Waals surface area contributed by atoms with Gasteiger partial charge >= 0.3 is 6.09 Å². The molecule has 1 aromatic heterocycles. The Bertz CT molecular complexity index is 757. The summed E-state index contributed by atoms with van der Waals surface area (Å²) < 4.78 is 5.03. The first kappa shape index (κ1) is 18.7. The van der Waals surface area contributed by atoms with E-state index in [1.165, 1.54) is 0 Å². The van der Waals surface area contributed by atoms with Gasteiger partial charge in [0.1, 0.15) is 5.82 Å². The predicted octanol–water partition coefficient (Wildman–Crippen LogP) is 3.37. The lowest BCUT2D eigenvalue weighted by atomic mass is 10.1. The quantitative estimate of drug-likeness (QED) is 0.845. The third-order valence-corrected chi connectivity index (χ3v) is 4.43. The number of nitrogens with zero attached hydrogens (tertiary/aromatic N) is 2. The van der Waals surface area contributed by atoms with Gasteiger partial charge in [0.2, 0.25) is 0 Å². The molecule has 1 fully saturated rings. The van der Waals surface area contributed by atoms with Crippen LogP contribution in [0.3, 0.4) is 0 Å². The van der Waals surface area contributed by atoms with E-state index in [2.05, 4.69) is 15.6 Å². The van der Waals surface area contributed by atoms with Crippen molar-refractivity contribution >= 4 is 23.5 Å². The largest absolute Gasteiger partial charge is 0.450 e. The van der Waals surface area contributed by atoms with Crippen LogP contribution >= 0.6 is 0 Å². The molecule has 2 heterocycles. The van der Waals surface area contributed by atoms with Crippen molar-refractivity contribution in [2.24, 2.45) is 0 Å². The van der Waals surface area contributed by atoms with Crippen molar-refractivity contribution in [2.45, 2.75) is 25.8 Å². The lowest BCUT2D eigenvalue weighted by Gasteiger charge is -2.31. The maximum absolute atomic E-state index is 12.2. The summed E-state index contributed by atoms with van der Waals surface area (Å²) in [6.07, 6.45) is 3.07. The summed E-state index contributed by atoms with van der Waals surface area (Å²) in [4.78, 5) is 30.0. The molecule has 142 valence electrons. The second-order valence-corrected chi connectivity index (χ2v) is 6.36. The van der Waals surface area contributed by atoms with Crippen molar-refractivity contribution in [1.29, 1.82) is 0 Å².